The van der Waals surface area contributed by atoms with Crippen LogP contribution in [0.15, 0.2) is 60.7 Å². The lowest BCUT2D eigenvalue weighted by atomic mass is 10.2. The Labute approximate surface area is 101 Å². The molecule has 0 spiro atoms. The molecule has 0 saturated heterocycles. The summed E-state index contributed by atoms with van der Waals surface area (Å²) in [5.74, 6) is 0. The van der Waals surface area contributed by atoms with E-state index in [1.54, 1.807) is 6.08 Å². The summed E-state index contributed by atoms with van der Waals surface area (Å²) in [6.07, 6.45) is 3.62. The van der Waals surface area contributed by atoms with Gasteiger partial charge in [0.05, 0.1) is 6.61 Å². The molecule has 0 heterocycles. The average Bonchev–Trinajstić information content (AvgIpc) is 2.39. The molecular formula is C15H15NO. The van der Waals surface area contributed by atoms with Gasteiger partial charge in [-0.2, -0.15) is 0 Å². The Morgan fingerprint density at radius 3 is 2.18 bits per heavy atom. The highest BCUT2D eigenvalue weighted by Crippen LogP contribution is 2.16. The van der Waals surface area contributed by atoms with Crippen molar-refractivity contribution in [2.75, 3.05) is 11.9 Å². The molecule has 0 aliphatic heterocycles. The third-order valence-corrected chi connectivity index (χ3v) is 2.39. The lowest BCUT2D eigenvalue weighted by Gasteiger charge is -2.06. The Morgan fingerprint density at radius 2 is 1.53 bits per heavy atom. The maximum Gasteiger partial charge on any atom is 0.0615 e. The number of anilines is 2. The minimum Gasteiger partial charge on any atom is -0.392 e. The number of hydrogen-bond donors (Lipinski definition) is 2. The number of aliphatic hydroxyl groups is 1. The molecular weight excluding hydrogens is 210 g/mol. The van der Waals surface area contributed by atoms with Crippen molar-refractivity contribution in [3.05, 3.63) is 66.2 Å². The number of para-hydroxylation sites is 1. The zero-order valence-corrected chi connectivity index (χ0v) is 9.51. The molecule has 2 nitrogen and oxygen atoms in total. The van der Waals surface area contributed by atoms with Gasteiger partial charge in [0.1, 0.15) is 0 Å². The minimum atomic E-state index is 0.0734. The van der Waals surface area contributed by atoms with E-state index in [9.17, 15) is 0 Å². The largest absolute Gasteiger partial charge is 0.392 e. The summed E-state index contributed by atoms with van der Waals surface area (Å²) in [5.41, 5.74) is 3.21. The third-order valence-electron chi connectivity index (χ3n) is 2.39. The fourth-order valence-electron chi connectivity index (χ4n) is 1.55. The monoisotopic (exact) mass is 225 g/mol. The van der Waals surface area contributed by atoms with Crippen LogP contribution in [0.1, 0.15) is 5.56 Å². The van der Waals surface area contributed by atoms with Crippen molar-refractivity contribution in [2.24, 2.45) is 0 Å². The van der Waals surface area contributed by atoms with Gasteiger partial charge in [0.25, 0.3) is 0 Å². The second-order valence-corrected chi connectivity index (χ2v) is 3.70. The molecule has 2 rings (SSSR count). The molecule has 0 fully saturated rings. The molecule has 0 aliphatic rings. The van der Waals surface area contributed by atoms with Gasteiger partial charge in [-0.05, 0) is 29.8 Å². The van der Waals surface area contributed by atoms with E-state index in [0.29, 0.717) is 0 Å². The lowest BCUT2D eigenvalue weighted by molar-refractivity contribution is 0.343. The Morgan fingerprint density at radius 1 is 0.882 bits per heavy atom. The average molecular weight is 225 g/mol. The summed E-state index contributed by atoms with van der Waals surface area (Å²) in [6.45, 7) is 0.0734. The second kappa shape index (κ2) is 5.87. The molecule has 86 valence electrons. The van der Waals surface area contributed by atoms with Crippen molar-refractivity contribution < 1.29 is 5.11 Å². The van der Waals surface area contributed by atoms with Gasteiger partial charge in [-0.25, -0.2) is 0 Å². The van der Waals surface area contributed by atoms with Crippen LogP contribution >= 0.6 is 0 Å². The van der Waals surface area contributed by atoms with E-state index in [1.807, 2.05) is 60.7 Å². The summed E-state index contributed by atoms with van der Waals surface area (Å²) in [4.78, 5) is 0. The van der Waals surface area contributed by atoms with Crippen molar-refractivity contribution in [3.63, 3.8) is 0 Å². The van der Waals surface area contributed by atoms with Gasteiger partial charge in [-0.1, -0.05) is 42.5 Å². The Kier molecular flexibility index (Phi) is 3.95. The molecule has 2 aromatic carbocycles. The highest BCUT2D eigenvalue weighted by molar-refractivity contribution is 5.62. The van der Waals surface area contributed by atoms with Gasteiger partial charge >= 0.3 is 0 Å². The Hall–Kier alpha value is -2.06. The van der Waals surface area contributed by atoms with Crippen LogP contribution in [0.3, 0.4) is 0 Å². The van der Waals surface area contributed by atoms with Crippen molar-refractivity contribution >= 4 is 17.5 Å². The predicted octanol–water partition coefficient (Wildman–Crippen LogP) is 3.44. The maximum absolute atomic E-state index is 8.68. The standard InChI is InChI=1S/C15H15NO/c17-12-4-5-13-8-10-15(11-9-13)16-14-6-2-1-3-7-14/h1-11,16-17H,12H2. The fraction of sp³-hybridized carbons (Fsp3) is 0.0667. The number of hydrogen-bond acceptors (Lipinski definition) is 2. The van der Waals surface area contributed by atoms with Crippen LogP contribution in [0.2, 0.25) is 0 Å². The summed E-state index contributed by atoms with van der Waals surface area (Å²) in [7, 11) is 0. The first-order valence-electron chi connectivity index (χ1n) is 5.58. The molecule has 0 amide bonds. The molecule has 0 unspecified atom stereocenters. The minimum absolute atomic E-state index is 0.0734. The number of nitrogens with one attached hydrogen (secondary N) is 1. The van der Waals surface area contributed by atoms with Gasteiger partial charge in [0, 0.05) is 11.4 Å². The first-order chi connectivity index (χ1) is 8.38. The lowest BCUT2D eigenvalue weighted by Crippen LogP contribution is -1.89. The highest BCUT2D eigenvalue weighted by Gasteiger charge is 1.93. The van der Waals surface area contributed by atoms with Crippen LogP contribution in [0.4, 0.5) is 11.4 Å². The SMILES string of the molecule is OCC=Cc1ccc(Nc2ccccc2)cc1. The van der Waals surface area contributed by atoms with Gasteiger partial charge in [0.2, 0.25) is 0 Å². The number of benzene rings is 2. The first-order valence-corrected chi connectivity index (χ1v) is 5.58. The van der Waals surface area contributed by atoms with Gasteiger partial charge < -0.3 is 10.4 Å². The molecule has 0 aromatic heterocycles. The number of rotatable bonds is 4. The molecule has 2 heteroatoms. The van der Waals surface area contributed by atoms with Gasteiger partial charge in [-0.3, -0.25) is 0 Å². The van der Waals surface area contributed by atoms with E-state index in [0.717, 1.165) is 16.9 Å². The number of aliphatic hydroxyl groups excluding tert-OH is 1. The molecule has 0 saturated carbocycles. The van der Waals surface area contributed by atoms with Crippen LogP contribution in [0, 0.1) is 0 Å². The van der Waals surface area contributed by atoms with Crippen molar-refractivity contribution in [1.82, 2.24) is 0 Å². The normalized spacial score (nSPS) is 10.6. The summed E-state index contributed by atoms with van der Waals surface area (Å²) < 4.78 is 0. The molecule has 0 aliphatic carbocycles. The zero-order chi connectivity index (χ0) is 11.9. The van der Waals surface area contributed by atoms with Crippen LogP contribution in [0.25, 0.3) is 6.08 Å². The molecule has 2 aromatic rings. The molecule has 17 heavy (non-hydrogen) atoms. The molecule has 2 N–H and O–H groups in total. The van der Waals surface area contributed by atoms with Crippen LogP contribution < -0.4 is 5.32 Å². The van der Waals surface area contributed by atoms with E-state index in [-0.39, 0.29) is 6.61 Å². The van der Waals surface area contributed by atoms with E-state index in [2.05, 4.69) is 5.32 Å². The molecule has 0 bridgehead atoms. The van der Waals surface area contributed by atoms with E-state index in [1.165, 1.54) is 0 Å². The van der Waals surface area contributed by atoms with E-state index in [4.69, 9.17) is 5.11 Å². The maximum atomic E-state index is 8.68. The highest BCUT2D eigenvalue weighted by atomic mass is 16.2. The fourth-order valence-corrected chi connectivity index (χ4v) is 1.55. The molecule has 0 radical (unpaired) electrons. The smallest absolute Gasteiger partial charge is 0.0615 e. The third kappa shape index (κ3) is 3.47. The zero-order valence-electron chi connectivity index (χ0n) is 9.51. The van der Waals surface area contributed by atoms with Crippen molar-refractivity contribution in [3.8, 4) is 0 Å². The van der Waals surface area contributed by atoms with E-state index < -0.39 is 0 Å². The Bertz CT molecular complexity index is 474. The quantitative estimate of drug-likeness (QED) is 0.835. The van der Waals surface area contributed by atoms with Crippen molar-refractivity contribution in [1.29, 1.82) is 0 Å². The summed E-state index contributed by atoms with van der Waals surface area (Å²) >= 11 is 0. The van der Waals surface area contributed by atoms with Crippen molar-refractivity contribution in [2.45, 2.75) is 0 Å². The van der Waals surface area contributed by atoms with E-state index >= 15 is 0 Å². The van der Waals surface area contributed by atoms with Crippen LogP contribution in [-0.2, 0) is 0 Å². The second-order valence-electron chi connectivity index (χ2n) is 3.70. The summed E-state index contributed by atoms with van der Waals surface area (Å²) in [6, 6.07) is 18.1. The predicted molar refractivity (Wildman–Crippen MR) is 72.3 cm³/mol. The van der Waals surface area contributed by atoms with Gasteiger partial charge in [-0.15, -0.1) is 0 Å². The van der Waals surface area contributed by atoms with Crippen LogP contribution in [0.5, 0.6) is 0 Å². The summed E-state index contributed by atoms with van der Waals surface area (Å²) in [5, 5.41) is 12.0. The van der Waals surface area contributed by atoms with Gasteiger partial charge in [0.15, 0.2) is 0 Å². The first kappa shape index (κ1) is 11.4. The van der Waals surface area contributed by atoms with Crippen LogP contribution in [-0.4, -0.2) is 11.7 Å². The topological polar surface area (TPSA) is 32.3 Å². The molecule has 0 atom stereocenters. The Balaban J connectivity index is 2.06.